The third kappa shape index (κ3) is 13.1. The second-order valence-corrected chi connectivity index (χ2v) is 8.21. The second-order valence-electron chi connectivity index (χ2n) is 5.86. The van der Waals surface area contributed by atoms with Crippen molar-refractivity contribution in [2.75, 3.05) is 7.11 Å². The van der Waals surface area contributed by atoms with Crippen molar-refractivity contribution in [3.05, 3.63) is 0 Å². The van der Waals surface area contributed by atoms with E-state index in [1.165, 1.54) is 0 Å². The zero-order valence-corrected chi connectivity index (χ0v) is 18.2. The molecule has 0 aliphatic rings. The highest BCUT2D eigenvalue weighted by molar-refractivity contribution is 9.09. The van der Waals surface area contributed by atoms with Crippen LogP contribution in [0.1, 0.15) is 61.8 Å². The van der Waals surface area contributed by atoms with Crippen molar-refractivity contribution in [1.29, 1.82) is 0 Å². The molecular formula is C18H37Br2NO2. The van der Waals surface area contributed by atoms with Crippen LogP contribution in [0.25, 0.3) is 0 Å². The van der Waals surface area contributed by atoms with Crippen molar-refractivity contribution in [3.8, 4) is 0 Å². The highest BCUT2D eigenvalue weighted by Crippen LogP contribution is 2.23. The SMILES string of the molecule is C.CC[C@H](Br)[C@@H](C)[C@H](C)C=NOC.CC[C@H](Br)[C@@H](C)[C@H](C)C=O. The van der Waals surface area contributed by atoms with E-state index >= 15 is 0 Å². The fourth-order valence-corrected chi connectivity index (χ4v) is 2.78. The van der Waals surface area contributed by atoms with Gasteiger partial charge in [0.05, 0.1) is 0 Å². The Morgan fingerprint density at radius 1 is 0.957 bits per heavy atom. The largest absolute Gasteiger partial charge is 0.399 e. The molecule has 0 aromatic carbocycles. The van der Waals surface area contributed by atoms with Gasteiger partial charge in [-0.2, -0.15) is 0 Å². The summed E-state index contributed by atoms with van der Waals surface area (Å²) >= 11 is 7.16. The van der Waals surface area contributed by atoms with Crippen molar-refractivity contribution < 1.29 is 9.63 Å². The van der Waals surface area contributed by atoms with E-state index in [0.717, 1.165) is 19.1 Å². The van der Waals surface area contributed by atoms with Crippen molar-refractivity contribution in [2.45, 2.75) is 71.5 Å². The molecule has 5 heteroatoms. The molecule has 0 unspecified atom stereocenters. The maximum Gasteiger partial charge on any atom is 0.123 e. The molecule has 0 aliphatic carbocycles. The molecule has 0 fully saturated rings. The topological polar surface area (TPSA) is 38.7 Å². The molecule has 0 aromatic rings. The Morgan fingerprint density at radius 3 is 1.65 bits per heavy atom. The molecule has 3 nitrogen and oxygen atoms in total. The van der Waals surface area contributed by atoms with Gasteiger partial charge in [-0.15, -0.1) is 0 Å². The Morgan fingerprint density at radius 2 is 1.35 bits per heavy atom. The summed E-state index contributed by atoms with van der Waals surface area (Å²) in [6, 6.07) is 0. The molecule has 0 spiro atoms. The van der Waals surface area contributed by atoms with Crippen LogP contribution in [0.4, 0.5) is 0 Å². The van der Waals surface area contributed by atoms with E-state index in [0.29, 0.717) is 27.4 Å². The summed E-state index contributed by atoms with van der Waals surface area (Å²) < 4.78 is 0. The third-order valence-electron chi connectivity index (χ3n) is 4.20. The molecule has 0 saturated carbocycles. The minimum absolute atomic E-state index is 0. The smallest absolute Gasteiger partial charge is 0.123 e. The van der Waals surface area contributed by atoms with Gasteiger partial charge in [0.25, 0.3) is 0 Å². The Kier molecular flexibility index (Phi) is 20.6. The van der Waals surface area contributed by atoms with Gasteiger partial charge in [-0.3, -0.25) is 0 Å². The van der Waals surface area contributed by atoms with Crippen molar-refractivity contribution in [2.24, 2.45) is 28.8 Å². The lowest BCUT2D eigenvalue weighted by Crippen LogP contribution is -2.19. The van der Waals surface area contributed by atoms with Crippen LogP contribution in [0.2, 0.25) is 0 Å². The number of halogens is 2. The van der Waals surface area contributed by atoms with Gasteiger partial charge in [0.15, 0.2) is 0 Å². The van der Waals surface area contributed by atoms with E-state index in [1.54, 1.807) is 7.11 Å². The summed E-state index contributed by atoms with van der Waals surface area (Å²) in [7, 11) is 1.57. The normalized spacial score (nSPS) is 18.5. The standard InChI is InChI=1S/C9H18BrNO.C8H15BrO.CH4/c1-5-9(10)8(3)7(2)6-11-12-4;1-4-8(9)7(3)6(2)5-10;/h6-9H,5H2,1-4H3;5-8H,4H2,1-3H3;1H4/t7-,8+,9+;6-,7+,8+;/m11./s1. The Labute approximate surface area is 161 Å². The van der Waals surface area contributed by atoms with E-state index in [9.17, 15) is 4.79 Å². The van der Waals surface area contributed by atoms with Gasteiger partial charge < -0.3 is 9.63 Å². The predicted octanol–water partition coefficient (Wildman–Crippen LogP) is 6.33. The Hall–Kier alpha value is 0.1000. The van der Waals surface area contributed by atoms with Crippen LogP contribution in [-0.2, 0) is 9.63 Å². The summed E-state index contributed by atoms with van der Waals surface area (Å²) in [4.78, 5) is 16.0. The minimum Gasteiger partial charge on any atom is -0.399 e. The van der Waals surface area contributed by atoms with Crippen LogP contribution < -0.4 is 0 Å². The zero-order chi connectivity index (χ0) is 17.7. The lowest BCUT2D eigenvalue weighted by atomic mass is 9.93. The summed E-state index contributed by atoms with van der Waals surface area (Å²) in [5.74, 6) is 1.66. The monoisotopic (exact) mass is 457 g/mol. The van der Waals surface area contributed by atoms with Crippen molar-refractivity contribution in [3.63, 3.8) is 0 Å². The summed E-state index contributed by atoms with van der Waals surface area (Å²) in [5, 5.41) is 3.76. The van der Waals surface area contributed by atoms with Gasteiger partial charge >= 0.3 is 0 Å². The minimum atomic E-state index is 0. The van der Waals surface area contributed by atoms with Crippen LogP contribution in [0, 0.1) is 23.7 Å². The van der Waals surface area contributed by atoms with E-state index in [-0.39, 0.29) is 13.3 Å². The predicted molar refractivity (Wildman–Crippen MR) is 111 cm³/mol. The first-order valence-corrected chi connectivity index (χ1v) is 9.89. The lowest BCUT2D eigenvalue weighted by molar-refractivity contribution is -0.111. The third-order valence-corrected chi connectivity index (χ3v) is 7.16. The number of hydrogen-bond donors (Lipinski definition) is 0. The number of nitrogens with zero attached hydrogens (tertiary/aromatic N) is 1. The fraction of sp³-hybridized carbons (Fsp3) is 0.889. The highest BCUT2D eigenvalue weighted by atomic mass is 79.9. The van der Waals surface area contributed by atoms with Gasteiger partial charge in [0, 0.05) is 21.8 Å². The number of alkyl halides is 2. The fourth-order valence-electron chi connectivity index (χ4n) is 1.82. The summed E-state index contributed by atoms with van der Waals surface area (Å²) in [5.41, 5.74) is 0. The molecular weight excluding hydrogens is 422 g/mol. The van der Waals surface area contributed by atoms with Crippen LogP contribution >= 0.6 is 31.9 Å². The van der Waals surface area contributed by atoms with Crippen LogP contribution in [0.3, 0.4) is 0 Å². The van der Waals surface area contributed by atoms with Crippen LogP contribution in [0.15, 0.2) is 5.16 Å². The maximum absolute atomic E-state index is 10.3. The Bertz CT molecular complexity index is 301. The Balaban J connectivity index is -0.000000338. The van der Waals surface area contributed by atoms with E-state index in [2.05, 4.69) is 76.5 Å². The first-order chi connectivity index (χ1) is 10.3. The van der Waals surface area contributed by atoms with Crippen molar-refractivity contribution >= 4 is 44.4 Å². The molecule has 0 amide bonds. The zero-order valence-electron chi connectivity index (χ0n) is 15.1. The van der Waals surface area contributed by atoms with E-state index < -0.39 is 0 Å². The van der Waals surface area contributed by atoms with Gasteiger partial charge in [0.1, 0.15) is 13.4 Å². The molecule has 0 N–H and O–H groups in total. The molecule has 0 rings (SSSR count). The molecule has 23 heavy (non-hydrogen) atoms. The van der Waals surface area contributed by atoms with Crippen LogP contribution in [-0.4, -0.2) is 29.3 Å². The highest BCUT2D eigenvalue weighted by Gasteiger charge is 2.18. The number of oxime groups is 1. The molecule has 0 aromatic heterocycles. The lowest BCUT2D eigenvalue weighted by Gasteiger charge is -2.20. The molecule has 0 saturated heterocycles. The van der Waals surface area contributed by atoms with Gasteiger partial charge in [0.2, 0.25) is 0 Å². The summed E-state index contributed by atoms with van der Waals surface area (Å²) in [6.45, 7) is 12.7. The van der Waals surface area contributed by atoms with Gasteiger partial charge in [-0.05, 0) is 30.6 Å². The molecule has 140 valence electrons. The summed E-state index contributed by atoms with van der Waals surface area (Å²) in [6.07, 6.45) is 5.11. The molecule has 0 heterocycles. The quantitative estimate of drug-likeness (QED) is 0.175. The van der Waals surface area contributed by atoms with E-state index in [1.807, 2.05) is 13.1 Å². The second kappa shape index (κ2) is 16.9. The average Bonchev–Trinajstić information content (AvgIpc) is 2.56. The first kappa shape index (κ1) is 27.9. The molecule has 0 aliphatic heterocycles. The number of hydrogen-bond acceptors (Lipinski definition) is 3. The van der Waals surface area contributed by atoms with Gasteiger partial charge in [-0.1, -0.05) is 86.0 Å². The number of rotatable bonds is 9. The molecule has 6 atom stereocenters. The maximum atomic E-state index is 10.3. The number of carbonyl (C=O) groups excluding carboxylic acids is 1. The number of carbonyl (C=O) groups is 1. The number of aldehydes is 1. The van der Waals surface area contributed by atoms with Crippen LogP contribution in [0.5, 0.6) is 0 Å². The first-order valence-electron chi connectivity index (χ1n) is 8.06. The molecule has 0 radical (unpaired) electrons. The van der Waals surface area contributed by atoms with E-state index in [4.69, 9.17) is 0 Å². The van der Waals surface area contributed by atoms with Gasteiger partial charge in [-0.25, -0.2) is 0 Å². The average molecular weight is 459 g/mol. The van der Waals surface area contributed by atoms with Crippen molar-refractivity contribution in [1.82, 2.24) is 0 Å². The molecule has 0 bridgehead atoms.